The standard InChI is InChI=1S/C22H36BNO5Si/c1-20(2,3)30(8,9)27-14-16-15-12-13-24(19(25)26)18(15)11-10-17(16)23-28-21(4,5)22(6,7)29-23/h10-11H,12-14H2,1-9H3,(H,25,26). The van der Waals surface area contributed by atoms with Crippen molar-refractivity contribution in [2.45, 2.75) is 90.8 Å². The molecule has 1 amide bonds. The van der Waals surface area contributed by atoms with Gasteiger partial charge in [0.1, 0.15) is 0 Å². The summed E-state index contributed by atoms with van der Waals surface area (Å²) in [6.07, 6.45) is -0.251. The second-order valence-electron chi connectivity index (χ2n) is 11.0. The molecule has 2 aliphatic heterocycles. The lowest BCUT2D eigenvalue weighted by Crippen LogP contribution is -2.42. The smallest absolute Gasteiger partial charge is 0.465 e. The molecular weight excluding hydrogens is 397 g/mol. The van der Waals surface area contributed by atoms with Gasteiger partial charge in [-0.25, -0.2) is 4.79 Å². The molecule has 3 rings (SSSR count). The van der Waals surface area contributed by atoms with Crippen LogP contribution >= 0.6 is 0 Å². The van der Waals surface area contributed by atoms with Crippen molar-refractivity contribution in [2.75, 3.05) is 11.4 Å². The summed E-state index contributed by atoms with van der Waals surface area (Å²) in [5.74, 6) is 0. The summed E-state index contributed by atoms with van der Waals surface area (Å²) in [7, 11) is -2.49. The van der Waals surface area contributed by atoms with Gasteiger partial charge in [0, 0.05) is 6.54 Å². The quantitative estimate of drug-likeness (QED) is 0.706. The fourth-order valence-electron chi connectivity index (χ4n) is 3.60. The van der Waals surface area contributed by atoms with Crippen LogP contribution in [-0.2, 0) is 26.8 Å². The van der Waals surface area contributed by atoms with Crippen LogP contribution in [0.15, 0.2) is 12.1 Å². The molecule has 1 aromatic carbocycles. The highest BCUT2D eigenvalue weighted by Gasteiger charge is 2.52. The minimum Gasteiger partial charge on any atom is -0.465 e. The van der Waals surface area contributed by atoms with Gasteiger partial charge in [0.15, 0.2) is 8.32 Å². The molecule has 6 nitrogen and oxygen atoms in total. The topological polar surface area (TPSA) is 68.2 Å². The number of fused-ring (bicyclic) bond motifs is 1. The number of anilines is 1. The van der Waals surface area contributed by atoms with E-state index in [0.717, 1.165) is 22.3 Å². The van der Waals surface area contributed by atoms with Gasteiger partial charge in [0.05, 0.1) is 23.5 Å². The Labute approximate surface area is 182 Å². The number of carbonyl (C=O) groups is 1. The predicted octanol–water partition coefficient (Wildman–Crippen LogP) is 4.55. The fraction of sp³-hybridized carbons (Fsp3) is 0.682. The maximum atomic E-state index is 11.7. The SMILES string of the molecule is CC1(C)OB(c2ccc3c(c2CO[Si](C)(C)C(C)(C)C)CCN3C(=O)O)OC1(C)C. The van der Waals surface area contributed by atoms with Crippen LogP contribution in [0, 0.1) is 0 Å². The lowest BCUT2D eigenvalue weighted by atomic mass is 9.74. The van der Waals surface area contributed by atoms with Gasteiger partial charge in [-0.1, -0.05) is 26.8 Å². The molecule has 0 spiro atoms. The van der Waals surface area contributed by atoms with Gasteiger partial charge in [0.2, 0.25) is 0 Å². The Hall–Kier alpha value is -1.35. The van der Waals surface area contributed by atoms with Crippen molar-refractivity contribution in [2.24, 2.45) is 0 Å². The number of hydrogen-bond acceptors (Lipinski definition) is 4. The van der Waals surface area contributed by atoms with Gasteiger partial charge in [-0.05, 0) is 74.9 Å². The summed E-state index contributed by atoms with van der Waals surface area (Å²) < 4.78 is 19.2. The summed E-state index contributed by atoms with van der Waals surface area (Å²) in [6, 6.07) is 3.83. The average Bonchev–Trinajstić information content (AvgIpc) is 3.10. The van der Waals surface area contributed by atoms with Crippen molar-refractivity contribution in [1.82, 2.24) is 0 Å². The zero-order valence-electron chi connectivity index (χ0n) is 19.9. The average molecular weight is 433 g/mol. The van der Waals surface area contributed by atoms with Gasteiger partial charge in [-0.15, -0.1) is 0 Å². The third-order valence-corrected chi connectivity index (χ3v) is 11.9. The number of benzene rings is 1. The normalized spacial score (nSPS) is 20.6. The minimum absolute atomic E-state index is 0.0859. The molecule has 1 aromatic rings. The first-order valence-electron chi connectivity index (χ1n) is 10.7. The Morgan fingerprint density at radius 2 is 1.77 bits per heavy atom. The third-order valence-electron chi connectivity index (χ3n) is 7.44. The molecule has 30 heavy (non-hydrogen) atoms. The van der Waals surface area contributed by atoms with E-state index in [1.807, 2.05) is 39.8 Å². The lowest BCUT2D eigenvalue weighted by molar-refractivity contribution is 0.00578. The summed E-state index contributed by atoms with van der Waals surface area (Å²) in [6.45, 7) is 20.2. The van der Waals surface area contributed by atoms with Crippen LogP contribution in [0.5, 0.6) is 0 Å². The van der Waals surface area contributed by atoms with Crippen LogP contribution in [0.25, 0.3) is 0 Å². The minimum atomic E-state index is -1.99. The summed E-state index contributed by atoms with van der Waals surface area (Å²) in [5, 5.41) is 9.67. The zero-order valence-corrected chi connectivity index (χ0v) is 20.9. The molecule has 0 bridgehead atoms. The number of carboxylic acid groups (broad SMARTS) is 1. The number of hydrogen-bond donors (Lipinski definition) is 1. The van der Waals surface area contributed by atoms with Crippen LogP contribution < -0.4 is 10.4 Å². The van der Waals surface area contributed by atoms with Crippen LogP contribution in [0.1, 0.15) is 59.6 Å². The number of amides is 1. The van der Waals surface area contributed by atoms with Crippen molar-refractivity contribution in [3.8, 4) is 0 Å². The second kappa shape index (κ2) is 7.36. The molecule has 0 atom stereocenters. The first-order valence-corrected chi connectivity index (χ1v) is 13.6. The second-order valence-corrected chi connectivity index (χ2v) is 15.8. The van der Waals surface area contributed by atoms with Gasteiger partial charge in [-0.2, -0.15) is 0 Å². The molecule has 8 heteroatoms. The van der Waals surface area contributed by atoms with Gasteiger partial charge < -0.3 is 18.8 Å². The summed E-state index contributed by atoms with van der Waals surface area (Å²) in [5.41, 5.74) is 2.85. The van der Waals surface area contributed by atoms with E-state index in [0.29, 0.717) is 19.6 Å². The first-order chi connectivity index (χ1) is 13.6. The molecule has 1 saturated heterocycles. The molecule has 0 aromatic heterocycles. The maximum absolute atomic E-state index is 11.7. The van der Waals surface area contributed by atoms with Crippen molar-refractivity contribution < 1.29 is 23.6 Å². The van der Waals surface area contributed by atoms with E-state index < -0.39 is 32.7 Å². The highest BCUT2D eigenvalue weighted by molar-refractivity contribution is 6.74. The van der Waals surface area contributed by atoms with Gasteiger partial charge in [0.25, 0.3) is 0 Å². The Kier molecular flexibility index (Phi) is 5.72. The van der Waals surface area contributed by atoms with Crippen molar-refractivity contribution in [3.05, 3.63) is 23.3 Å². The Balaban J connectivity index is 2.03. The lowest BCUT2D eigenvalue weighted by Gasteiger charge is -2.36. The summed E-state index contributed by atoms with van der Waals surface area (Å²) in [4.78, 5) is 13.1. The van der Waals surface area contributed by atoms with Crippen LogP contribution in [0.3, 0.4) is 0 Å². The molecule has 1 N–H and O–H groups in total. The number of rotatable bonds is 4. The highest BCUT2D eigenvalue weighted by atomic mass is 28.4. The van der Waals surface area contributed by atoms with E-state index in [1.54, 1.807) is 0 Å². The highest BCUT2D eigenvalue weighted by Crippen LogP contribution is 2.40. The van der Waals surface area contributed by atoms with Gasteiger partial charge >= 0.3 is 13.2 Å². The molecule has 0 saturated carbocycles. The van der Waals surface area contributed by atoms with E-state index in [4.69, 9.17) is 13.7 Å². The number of nitrogens with zero attached hydrogens (tertiary/aromatic N) is 1. The first kappa shape index (κ1) is 23.3. The molecule has 1 fully saturated rings. The molecule has 0 unspecified atom stereocenters. The Bertz CT molecular complexity index is 831. The van der Waals surface area contributed by atoms with Gasteiger partial charge in [-0.3, -0.25) is 4.90 Å². The van der Waals surface area contributed by atoms with E-state index in [-0.39, 0.29) is 5.04 Å². The zero-order chi connectivity index (χ0) is 22.7. The largest absolute Gasteiger partial charge is 0.495 e. The molecule has 2 heterocycles. The Morgan fingerprint density at radius 1 is 1.20 bits per heavy atom. The van der Waals surface area contributed by atoms with E-state index in [9.17, 15) is 9.90 Å². The van der Waals surface area contributed by atoms with Crippen LogP contribution in [0.2, 0.25) is 18.1 Å². The fourth-order valence-corrected chi connectivity index (χ4v) is 4.54. The molecule has 2 aliphatic rings. The van der Waals surface area contributed by atoms with Crippen molar-refractivity contribution in [3.63, 3.8) is 0 Å². The molecule has 0 radical (unpaired) electrons. The van der Waals surface area contributed by atoms with E-state index in [2.05, 4.69) is 33.9 Å². The van der Waals surface area contributed by atoms with Crippen LogP contribution in [-0.4, -0.2) is 44.4 Å². The monoisotopic (exact) mass is 433 g/mol. The summed E-state index contributed by atoms with van der Waals surface area (Å²) >= 11 is 0. The van der Waals surface area contributed by atoms with Crippen LogP contribution in [0.4, 0.5) is 10.5 Å². The molecular formula is C22H36BNO5Si. The third kappa shape index (κ3) is 3.95. The van der Waals surface area contributed by atoms with Crippen molar-refractivity contribution in [1.29, 1.82) is 0 Å². The molecule has 0 aliphatic carbocycles. The Morgan fingerprint density at radius 3 is 2.27 bits per heavy atom. The van der Waals surface area contributed by atoms with Crippen molar-refractivity contribution >= 4 is 32.7 Å². The molecule has 166 valence electrons. The van der Waals surface area contributed by atoms with E-state index in [1.165, 1.54) is 4.90 Å². The van der Waals surface area contributed by atoms with E-state index >= 15 is 0 Å². The predicted molar refractivity (Wildman–Crippen MR) is 123 cm³/mol. The maximum Gasteiger partial charge on any atom is 0.495 e.